The molecule has 0 aliphatic carbocycles. The van der Waals surface area contributed by atoms with Crippen LogP contribution in [-0.2, 0) is 0 Å². The zero-order chi connectivity index (χ0) is 23.2. The molecule has 0 aromatic heterocycles. The zero-order valence-corrected chi connectivity index (χ0v) is 22.7. The largest absolute Gasteiger partial charge is 0.394 e. The molecule has 0 rings (SSSR count). The topological polar surface area (TPSA) is 147 Å². The van der Waals surface area contributed by atoms with Gasteiger partial charge in [0, 0.05) is 5.41 Å². The van der Waals surface area contributed by atoms with Crippen LogP contribution in [0.25, 0.3) is 0 Å². The Bertz CT molecular complexity index is 262. The summed E-state index contributed by atoms with van der Waals surface area (Å²) in [4.78, 5) is 0. The van der Waals surface area contributed by atoms with Crippen LogP contribution in [0.1, 0.15) is 66.2 Å². The van der Waals surface area contributed by atoms with E-state index in [4.69, 9.17) is 36.4 Å². The molecule has 0 aliphatic heterocycles. The Hall–Kier alpha value is 0.519. The molecule has 0 atom stereocenters. The molecule has 0 spiro atoms. The average molecular weight is 532 g/mol. The van der Waals surface area contributed by atoms with Crippen LogP contribution in [0.15, 0.2) is 0 Å². The minimum Gasteiger partial charge on any atom is -0.394 e. The summed E-state index contributed by atoms with van der Waals surface area (Å²) in [6, 6.07) is 0. The van der Waals surface area contributed by atoms with Gasteiger partial charge < -0.3 is 36.4 Å². The number of rotatable bonds is 15. The van der Waals surface area contributed by atoms with Crippen molar-refractivity contribution in [1.82, 2.24) is 0 Å². The molecule has 0 amide bonds. The number of unbranched alkanes of at least 4 members (excludes halogenated alkanes) is 3. The van der Waals surface area contributed by atoms with Gasteiger partial charge in [0.1, 0.15) is 0 Å². The second-order valence-corrected chi connectivity index (χ2v) is 18.3. The van der Waals surface area contributed by atoms with Crippen LogP contribution in [0.5, 0.6) is 0 Å². The van der Waals surface area contributed by atoms with Crippen molar-refractivity contribution in [3.63, 3.8) is 0 Å². The first-order chi connectivity index (χ1) is 13.7. The number of hydrogen-bond donors (Lipinski definition) is 7. The molecule has 0 saturated carbocycles. The van der Waals surface area contributed by atoms with E-state index in [0.717, 1.165) is 0 Å². The summed E-state index contributed by atoms with van der Waals surface area (Å²) in [6.07, 6.45) is 8.87. The van der Waals surface area contributed by atoms with Gasteiger partial charge in [-0.3, -0.25) is 0 Å². The molecule has 0 aromatic rings. The SMILES string of the molecule is CC(CO)(CO)CO.CCC[CH2][SnH]([CH2]CCC)[CH2]CCC.NC(CO)(CO)CO. The molecular formula is C21H51NO6Sn. The third-order valence-electron chi connectivity index (χ3n) is 4.99. The fourth-order valence-electron chi connectivity index (χ4n) is 2.21. The van der Waals surface area contributed by atoms with Crippen molar-refractivity contribution in [2.45, 2.75) is 85.1 Å². The Labute approximate surface area is 186 Å². The van der Waals surface area contributed by atoms with E-state index >= 15 is 0 Å². The van der Waals surface area contributed by atoms with Gasteiger partial charge in [-0.05, 0) is 0 Å². The molecule has 0 fully saturated rings. The standard InChI is InChI=1S/C5H12O3.C4H11NO3.3C4H9.Sn.H/c1-5(2-6,3-7)4-8;5-4(1-6,2-7)3-8;3*1-3-4-2;;/h6-8H,2-4H2,1H3;6-8H,1-3,5H2;3*1,3-4H2,2H3;;. The molecule has 180 valence electrons. The van der Waals surface area contributed by atoms with Crippen LogP contribution in [-0.4, -0.2) is 95.6 Å². The Morgan fingerprint density at radius 1 is 0.586 bits per heavy atom. The van der Waals surface area contributed by atoms with Crippen molar-refractivity contribution in [3.05, 3.63) is 0 Å². The Morgan fingerprint density at radius 2 is 0.862 bits per heavy atom. The first-order valence-electron chi connectivity index (χ1n) is 11.2. The van der Waals surface area contributed by atoms with Gasteiger partial charge in [-0.25, -0.2) is 0 Å². The summed E-state index contributed by atoms with van der Waals surface area (Å²) in [5.41, 5.74) is 3.23. The van der Waals surface area contributed by atoms with E-state index in [1.807, 2.05) is 0 Å². The van der Waals surface area contributed by atoms with Gasteiger partial charge in [0.25, 0.3) is 0 Å². The van der Waals surface area contributed by atoms with Crippen molar-refractivity contribution in [2.75, 3.05) is 39.6 Å². The van der Waals surface area contributed by atoms with Crippen molar-refractivity contribution in [3.8, 4) is 0 Å². The molecular weight excluding hydrogens is 481 g/mol. The third kappa shape index (κ3) is 21.5. The summed E-state index contributed by atoms with van der Waals surface area (Å²) in [7, 11) is 0. The van der Waals surface area contributed by atoms with Gasteiger partial charge in [0.2, 0.25) is 0 Å². The quantitative estimate of drug-likeness (QED) is 0.157. The number of nitrogens with two attached hydrogens (primary N) is 1. The molecule has 0 radical (unpaired) electrons. The van der Waals surface area contributed by atoms with Crippen molar-refractivity contribution in [1.29, 1.82) is 0 Å². The number of hydrogen-bond acceptors (Lipinski definition) is 7. The minimum atomic E-state index is -1.21. The van der Waals surface area contributed by atoms with E-state index in [2.05, 4.69) is 20.8 Å². The van der Waals surface area contributed by atoms with Crippen LogP contribution >= 0.6 is 0 Å². The first kappa shape index (κ1) is 34.1. The maximum atomic E-state index is 8.47. The van der Waals surface area contributed by atoms with E-state index in [9.17, 15) is 0 Å². The monoisotopic (exact) mass is 533 g/mol. The van der Waals surface area contributed by atoms with Crippen LogP contribution in [0.3, 0.4) is 0 Å². The Morgan fingerprint density at radius 3 is 0.966 bits per heavy atom. The van der Waals surface area contributed by atoms with Crippen molar-refractivity contribution in [2.24, 2.45) is 11.1 Å². The predicted octanol–water partition coefficient (Wildman–Crippen LogP) is 1.24. The van der Waals surface area contributed by atoms with Crippen LogP contribution in [0, 0.1) is 5.41 Å². The molecule has 8 N–H and O–H groups in total. The molecule has 0 aromatic carbocycles. The Balaban J connectivity index is -0.000000368. The van der Waals surface area contributed by atoms with Gasteiger partial charge in [-0.1, -0.05) is 6.92 Å². The number of aliphatic hydroxyl groups excluding tert-OH is 6. The summed E-state index contributed by atoms with van der Waals surface area (Å²) in [6.45, 7) is 6.86. The molecule has 0 heterocycles. The van der Waals surface area contributed by atoms with E-state index in [-0.39, 0.29) is 19.8 Å². The van der Waals surface area contributed by atoms with Crippen LogP contribution in [0.4, 0.5) is 0 Å². The van der Waals surface area contributed by atoms with Gasteiger partial charge in [0.05, 0.1) is 45.2 Å². The molecule has 0 saturated heterocycles. The second kappa shape index (κ2) is 23.2. The van der Waals surface area contributed by atoms with Gasteiger partial charge in [-0.15, -0.1) is 0 Å². The Kier molecular flexibility index (Phi) is 27.3. The molecule has 8 heteroatoms. The van der Waals surface area contributed by atoms with Gasteiger partial charge >= 0.3 is 92.4 Å². The van der Waals surface area contributed by atoms with E-state index < -0.39 is 50.5 Å². The summed E-state index contributed by atoms with van der Waals surface area (Å²) >= 11 is -0.967. The van der Waals surface area contributed by atoms with E-state index in [1.165, 1.54) is 38.5 Å². The maximum Gasteiger partial charge on any atom is 0.0856 e. The molecule has 29 heavy (non-hydrogen) atoms. The second-order valence-electron chi connectivity index (χ2n) is 8.41. The van der Waals surface area contributed by atoms with Crippen LogP contribution in [0.2, 0.25) is 13.3 Å². The minimum absolute atomic E-state index is 0.181. The third-order valence-corrected chi connectivity index (χ3v) is 15.5. The molecule has 0 bridgehead atoms. The maximum absolute atomic E-state index is 8.47. The fraction of sp³-hybridized carbons (Fsp3) is 1.00. The average Bonchev–Trinajstić information content (AvgIpc) is 2.78. The summed E-state index contributed by atoms with van der Waals surface area (Å²) in [5, 5.41) is 50.4. The molecule has 0 aliphatic rings. The van der Waals surface area contributed by atoms with Crippen molar-refractivity contribution >= 4 is 19.8 Å². The van der Waals surface area contributed by atoms with Gasteiger partial charge in [-0.2, -0.15) is 0 Å². The smallest absolute Gasteiger partial charge is 0.0856 e. The number of aliphatic hydroxyl groups is 6. The first-order valence-corrected chi connectivity index (χ1v) is 18.1. The van der Waals surface area contributed by atoms with Crippen molar-refractivity contribution < 1.29 is 30.6 Å². The van der Waals surface area contributed by atoms with Gasteiger partial charge in [0.15, 0.2) is 0 Å². The molecule has 7 nitrogen and oxygen atoms in total. The van der Waals surface area contributed by atoms with E-state index in [0.29, 0.717) is 0 Å². The fourth-order valence-corrected chi connectivity index (χ4v) is 13.1. The van der Waals surface area contributed by atoms with E-state index in [1.54, 1.807) is 20.2 Å². The normalized spacial score (nSPS) is 11.6. The zero-order valence-electron chi connectivity index (χ0n) is 19.4. The summed E-state index contributed by atoms with van der Waals surface area (Å²) in [5.74, 6) is 0. The summed E-state index contributed by atoms with van der Waals surface area (Å²) < 4.78 is 5.08. The predicted molar refractivity (Wildman–Crippen MR) is 124 cm³/mol. The van der Waals surface area contributed by atoms with Crippen LogP contribution < -0.4 is 5.73 Å². The molecule has 0 unspecified atom stereocenters.